The molecule has 1 heterocycles. The van der Waals surface area contributed by atoms with Crippen LogP contribution in [0.15, 0.2) is 83.1 Å². The van der Waals surface area contributed by atoms with E-state index in [1.807, 2.05) is 78.2 Å². The molecule has 3 aromatic carbocycles. The Labute approximate surface area is 224 Å². The van der Waals surface area contributed by atoms with Gasteiger partial charge in [0.05, 0.1) is 19.1 Å². The van der Waals surface area contributed by atoms with Crippen LogP contribution in [0.1, 0.15) is 18.1 Å². The van der Waals surface area contributed by atoms with E-state index in [-0.39, 0.29) is 11.7 Å². The van der Waals surface area contributed by atoms with Crippen LogP contribution in [0.2, 0.25) is 5.02 Å². The Hall–Kier alpha value is -3.82. The van der Waals surface area contributed by atoms with Crippen LogP contribution in [-0.2, 0) is 17.9 Å². The summed E-state index contributed by atoms with van der Waals surface area (Å²) in [6, 6.07) is 22.8. The lowest BCUT2D eigenvalue weighted by atomic mass is 10.2. The van der Waals surface area contributed by atoms with Crippen molar-refractivity contribution in [3.05, 3.63) is 88.9 Å². The molecule has 0 saturated carbocycles. The Balaban J connectivity index is 1.31. The van der Waals surface area contributed by atoms with Gasteiger partial charge in [0.1, 0.15) is 6.61 Å². The number of aromatic nitrogens is 3. The maximum Gasteiger partial charge on any atom is 0.250 e. The Kier molecular flexibility index (Phi) is 9.18. The molecule has 4 aromatic rings. The normalized spacial score (nSPS) is 11.0. The minimum atomic E-state index is -0.255. The molecule has 0 unspecified atom stereocenters. The van der Waals surface area contributed by atoms with E-state index in [0.717, 1.165) is 22.5 Å². The van der Waals surface area contributed by atoms with Gasteiger partial charge in [-0.3, -0.25) is 4.79 Å². The van der Waals surface area contributed by atoms with Crippen LogP contribution >= 0.6 is 23.4 Å². The molecular weight excluding hydrogens is 510 g/mol. The highest BCUT2D eigenvalue weighted by molar-refractivity contribution is 7.99. The summed E-state index contributed by atoms with van der Waals surface area (Å²) in [5.74, 6) is 1.82. The molecule has 0 spiro atoms. The molecule has 10 heteroatoms. The van der Waals surface area contributed by atoms with Crippen molar-refractivity contribution in [3.63, 3.8) is 0 Å². The highest BCUT2D eigenvalue weighted by Crippen LogP contribution is 2.28. The van der Waals surface area contributed by atoms with Gasteiger partial charge in [-0.2, -0.15) is 5.10 Å². The number of halogens is 1. The fourth-order valence-corrected chi connectivity index (χ4v) is 4.37. The number of methoxy groups -OCH3 is 1. The number of hydrogen-bond donors (Lipinski definition) is 1. The largest absolute Gasteiger partial charge is 0.493 e. The molecule has 0 radical (unpaired) electrons. The average Bonchev–Trinajstić information content (AvgIpc) is 3.35. The topological polar surface area (TPSA) is 90.6 Å². The number of benzene rings is 3. The highest BCUT2D eigenvalue weighted by atomic mass is 35.5. The SMILES string of the molecule is CCn1c(SCC(=O)N/N=C/c2ccc(OCc3ccccc3)c(OC)c2)nnc1-c1ccc(Cl)cc1. The highest BCUT2D eigenvalue weighted by Gasteiger charge is 2.14. The lowest BCUT2D eigenvalue weighted by Gasteiger charge is -2.11. The van der Waals surface area contributed by atoms with Crippen molar-refractivity contribution in [3.8, 4) is 22.9 Å². The lowest BCUT2D eigenvalue weighted by molar-refractivity contribution is -0.118. The molecule has 0 aliphatic rings. The van der Waals surface area contributed by atoms with Crippen LogP contribution in [0.3, 0.4) is 0 Å². The van der Waals surface area contributed by atoms with Gasteiger partial charge in [0, 0.05) is 17.1 Å². The number of ether oxygens (including phenoxy) is 2. The summed E-state index contributed by atoms with van der Waals surface area (Å²) >= 11 is 7.28. The molecule has 1 N–H and O–H groups in total. The molecule has 0 atom stereocenters. The predicted molar refractivity (Wildman–Crippen MR) is 146 cm³/mol. The van der Waals surface area contributed by atoms with Gasteiger partial charge >= 0.3 is 0 Å². The Bertz CT molecular complexity index is 1360. The summed E-state index contributed by atoms with van der Waals surface area (Å²) in [7, 11) is 1.58. The van der Waals surface area contributed by atoms with Crippen LogP contribution in [0, 0.1) is 0 Å². The van der Waals surface area contributed by atoms with Crippen LogP contribution in [0.5, 0.6) is 11.5 Å². The first-order chi connectivity index (χ1) is 18.1. The summed E-state index contributed by atoms with van der Waals surface area (Å²) in [6.07, 6.45) is 1.55. The van der Waals surface area contributed by atoms with Crippen molar-refractivity contribution >= 4 is 35.5 Å². The second kappa shape index (κ2) is 12.9. The molecule has 0 saturated heterocycles. The van der Waals surface area contributed by atoms with Crippen LogP contribution in [0.4, 0.5) is 0 Å². The van der Waals surface area contributed by atoms with Crippen LogP contribution in [0.25, 0.3) is 11.4 Å². The van der Waals surface area contributed by atoms with Crippen LogP contribution in [-0.4, -0.2) is 39.7 Å². The minimum Gasteiger partial charge on any atom is -0.493 e. The summed E-state index contributed by atoms with van der Waals surface area (Å²) in [5.41, 5.74) is 5.28. The number of carbonyl (C=O) groups excluding carboxylic acids is 1. The van der Waals surface area contributed by atoms with E-state index in [1.165, 1.54) is 11.8 Å². The van der Waals surface area contributed by atoms with Crippen molar-refractivity contribution in [2.75, 3.05) is 12.9 Å². The summed E-state index contributed by atoms with van der Waals surface area (Å²) in [5, 5.41) is 13.9. The van der Waals surface area contributed by atoms with E-state index >= 15 is 0 Å². The smallest absolute Gasteiger partial charge is 0.250 e. The van der Waals surface area contributed by atoms with Crippen molar-refractivity contribution in [2.45, 2.75) is 25.2 Å². The molecule has 1 amide bonds. The quantitative estimate of drug-likeness (QED) is 0.156. The zero-order valence-corrected chi connectivity index (χ0v) is 22.0. The van der Waals surface area contributed by atoms with Crippen molar-refractivity contribution in [1.29, 1.82) is 0 Å². The van der Waals surface area contributed by atoms with Gasteiger partial charge in [0.25, 0.3) is 5.91 Å². The van der Waals surface area contributed by atoms with Gasteiger partial charge in [-0.05, 0) is 60.5 Å². The van der Waals surface area contributed by atoms with E-state index in [0.29, 0.717) is 34.8 Å². The van der Waals surface area contributed by atoms with E-state index in [1.54, 1.807) is 19.4 Å². The first-order valence-electron chi connectivity index (χ1n) is 11.6. The van der Waals surface area contributed by atoms with E-state index in [9.17, 15) is 4.79 Å². The van der Waals surface area contributed by atoms with Gasteiger partial charge in [-0.15, -0.1) is 10.2 Å². The summed E-state index contributed by atoms with van der Waals surface area (Å²) < 4.78 is 13.3. The Morgan fingerprint density at radius 1 is 1.08 bits per heavy atom. The fourth-order valence-electron chi connectivity index (χ4n) is 3.45. The number of nitrogens with zero attached hydrogens (tertiary/aromatic N) is 4. The third-order valence-electron chi connectivity index (χ3n) is 5.30. The molecular formula is C27H26ClN5O3S. The maximum atomic E-state index is 12.4. The number of thioether (sulfide) groups is 1. The van der Waals surface area contributed by atoms with Crippen molar-refractivity contribution in [2.24, 2.45) is 5.10 Å². The van der Waals surface area contributed by atoms with Gasteiger partial charge in [0.15, 0.2) is 22.5 Å². The van der Waals surface area contributed by atoms with Crippen LogP contribution < -0.4 is 14.9 Å². The standard InChI is InChI=1S/C27H26ClN5O3S/c1-3-33-26(21-10-12-22(28)13-11-21)31-32-27(33)37-18-25(34)30-29-16-20-9-14-23(24(15-20)35-2)36-17-19-7-5-4-6-8-19/h4-16H,3,17-18H2,1-2H3,(H,30,34)/b29-16+. The van der Waals surface area contributed by atoms with Gasteiger partial charge in [-0.25, -0.2) is 5.43 Å². The zero-order valence-electron chi connectivity index (χ0n) is 20.4. The molecule has 37 heavy (non-hydrogen) atoms. The molecule has 1 aromatic heterocycles. The first kappa shape index (κ1) is 26.2. The number of carbonyl (C=O) groups is 1. The van der Waals surface area contributed by atoms with E-state index in [4.69, 9.17) is 21.1 Å². The minimum absolute atomic E-state index is 0.145. The molecule has 0 aliphatic carbocycles. The zero-order chi connectivity index (χ0) is 26.0. The molecule has 190 valence electrons. The monoisotopic (exact) mass is 535 g/mol. The third-order valence-corrected chi connectivity index (χ3v) is 6.51. The predicted octanol–water partition coefficient (Wildman–Crippen LogP) is 5.45. The molecule has 4 rings (SSSR count). The van der Waals surface area contributed by atoms with E-state index < -0.39 is 0 Å². The average molecular weight is 536 g/mol. The number of hydrogen-bond acceptors (Lipinski definition) is 7. The summed E-state index contributed by atoms with van der Waals surface area (Å²) in [6.45, 7) is 3.11. The number of hydrazone groups is 1. The Morgan fingerprint density at radius 3 is 2.59 bits per heavy atom. The van der Waals surface area contributed by atoms with Gasteiger partial charge < -0.3 is 14.0 Å². The second-order valence-corrected chi connectivity index (χ2v) is 9.20. The molecule has 0 bridgehead atoms. The number of nitrogens with one attached hydrogen (secondary N) is 1. The van der Waals surface area contributed by atoms with Crippen molar-refractivity contribution in [1.82, 2.24) is 20.2 Å². The van der Waals surface area contributed by atoms with Crippen molar-refractivity contribution < 1.29 is 14.3 Å². The van der Waals surface area contributed by atoms with Gasteiger partial charge in [0.2, 0.25) is 0 Å². The second-order valence-electron chi connectivity index (χ2n) is 7.82. The number of rotatable bonds is 11. The number of amides is 1. The molecule has 0 fully saturated rings. The molecule has 8 nitrogen and oxygen atoms in total. The summed E-state index contributed by atoms with van der Waals surface area (Å²) in [4.78, 5) is 12.4. The maximum absolute atomic E-state index is 12.4. The van der Waals surface area contributed by atoms with E-state index in [2.05, 4.69) is 20.7 Å². The first-order valence-corrected chi connectivity index (χ1v) is 12.9. The molecule has 0 aliphatic heterocycles. The fraction of sp³-hybridized carbons (Fsp3) is 0.185. The van der Waals surface area contributed by atoms with Gasteiger partial charge in [-0.1, -0.05) is 53.7 Å². The third kappa shape index (κ3) is 7.12. The lowest BCUT2D eigenvalue weighted by Crippen LogP contribution is -2.20. The Morgan fingerprint density at radius 2 is 1.86 bits per heavy atom.